The maximum Gasteiger partial charge on any atom is 0.251 e. The van der Waals surface area contributed by atoms with E-state index in [-0.39, 0.29) is 5.91 Å². The van der Waals surface area contributed by atoms with E-state index in [9.17, 15) is 4.79 Å². The SMILES string of the molecule is CCN=C(/C=C(\C)N(C)CCc1cccc2c(C(=O)NC)ccnc12)c1cnc(C)nc1. The zero-order chi connectivity index (χ0) is 23.1. The number of rotatable bonds is 8. The topological polar surface area (TPSA) is 83.4 Å². The highest BCUT2D eigenvalue weighted by atomic mass is 16.1. The zero-order valence-corrected chi connectivity index (χ0v) is 19.4. The summed E-state index contributed by atoms with van der Waals surface area (Å²) in [7, 11) is 3.71. The molecule has 0 saturated heterocycles. The van der Waals surface area contributed by atoms with E-state index in [1.54, 1.807) is 19.3 Å². The first-order valence-corrected chi connectivity index (χ1v) is 10.8. The molecule has 0 aliphatic heterocycles. The number of benzene rings is 1. The number of carbonyl (C=O) groups is 1. The summed E-state index contributed by atoms with van der Waals surface area (Å²) in [4.78, 5) is 32.2. The number of nitrogens with one attached hydrogen (secondary N) is 1. The number of aryl methyl sites for hydroxylation is 1. The van der Waals surface area contributed by atoms with Crippen molar-refractivity contribution in [3.63, 3.8) is 0 Å². The molecule has 3 aromatic rings. The van der Waals surface area contributed by atoms with Crippen LogP contribution in [-0.4, -0.2) is 58.7 Å². The van der Waals surface area contributed by atoms with Crippen LogP contribution in [0.3, 0.4) is 0 Å². The van der Waals surface area contributed by atoms with Crippen molar-refractivity contribution in [2.24, 2.45) is 4.99 Å². The van der Waals surface area contributed by atoms with E-state index in [2.05, 4.69) is 56.3 Å². The van der Waals surface area contributed by atoms with E-state index in [0.29, 0.717) is 12.1 Å². The Bertz CT molecular complexity index is 1150. The second-order valence-electron chi connectivity index (χ2n) is 7.59. The van der Waals surface area contributed by atoms with Crippen LogP contribution in [0.1, 0.15) is 41.2 Å². The highest BCUT2D eigenvalue weighted by Crippen LogP contribution is 2.21. The second-order valence-corrected chi connectivity index (χ2v) is 7.59. The zero-order valence-electron chi connectivity index (χ0n) is 19.4. The van der Waals surface area contributed by atoms with Crippen LogP contribution < -0.4 is 5.32 Å². The van der Waals surface area contributed by atoms with Crippen LogP contribution in [0.25, 0.3) is 10.9 Å². The van der Waals surface area contributed by atoms with Gasteiger partial charge in [0.15, 0.2) is 0 Å². The number of hydrogen-bond acceptors (Lipinski definition) is 6. The molecule has 3 rings (SSSR count). The Balaban J connectivity index is 1.79. The maximum atomic E-state index is 12.2. The Kier molecular flexibility index (Phi) is 7.65. The van der Waals surface area contributed by atoms with Gasteiger partial charge in [0, 0.05) is 62.4 Å². The molecule has 0 fully saturated rings. The maximum absolute atomic E-state index is 12.2. The lowest BCUT2D eigenvalue weighted by Crippen LogP contribution is -2.21. The Labute approximate surface area is 189 Å². The van der Waals surface area contributed by atoms with Gasteiger partial charge >= 0.3 is 0 Å². The molecule has 2 aromatic heterocycles. The van der Waals surface area contributed by atoms with E-state index in [1.807, 2.05) is 38.4 Å². The summed E-state index contributed by atoms with van der Waals surface area (Å²) in [6.07, 6.45) is 8.20. The average molecular weight is 431 g/mol. The molecule has 1 N–H and O–H groups in total. The summed E-state index contributed by atoms with van der Waals surface area (Å²) in [5, 5.41) is 3.57. The van der Waals surface area contributed by atoms with Crippen molar-refractivity contribution >= 4 is 22.5 Å². The van der Waals surface area contributed by atoms with Gasteiger partial charge in [0.25, 0.3) is 5.91 Å². The first-order valence-electron chi connectivity index (χ1n) is 10.8. The van der Waals surface area contributed by atoms with Crippen LogP contribution in [0.4, 0.5) is 0 Å². The van der Waals surface area contributed by atoms with Crippen molar-refractivity contribution in [1.29, 1.82) is 0 Å². The first-order chi connectivity index (χ1) is 15.4. The van der Waals surface area contributed by atoms with Crippen molar-refractivity contribution in [3.05, 3.63) is 77.1 Å². The van der Waals surface area contributed by atoms with E-state index in [4.69, 9.17) is 0 Å². The summed E-state index contributed by atoms with van der Waals surface area (Å²) >= 11 is 0. The Morgan fingerprint density at radius 2 is 1.94 bits per heavy atom. The monoisotopic (exact) mass is 430 g/mol. The Morgan fingerprint density at radius 3 is 2.62 bits per heavy atom. The molecule has 0 bridgehead atoms. The van der Waals surface area contributed by atoms with Gasteiger partial charge in [-0.25, -0.2) is 9.97 Å². The van der Waals surface area contributed by atoms with Crippen LogP contribution in [0.5, 0.6) is 0 Å². The molecule has 7 nitrogen and oxygen atoms in total. The van der Waals surface area contributed by atoms with Crippen LogP contribution in [0.15, 0.2) is 59.6 Å². The molecule has 0 radical (unpaired) electrons. The number of carbonyl (C=O) groups excluding carboxylic acids is 1. The van der Waals surface area contributed by atoms with Gasteiger partial charge < -0.3 is 10.2 Å². The van der Waals surface area contributed by atoms with Gasteiger partial charge in [-0.05, 0) is 44.9 Å². The van der Waals surface area contributed by atoms with Crippen molar-refractivity contribution in [3.8, 4) is 0 Å². The number of hydrogen-bond donors (Lipinski definition) is 1. The van der Waals surface area contributed by atoms with Crippen LogP contribution in [-0.2, 0) is 6.42 Å². The lowest BCUT2D eigenvalue weighted by Gasteiger charge is -2.21. The highest BCUT2D eigenvalue weighted by Gasteiger charge is 2.12. The third-order valence-electron chi connectivity index (χ3n) is 5.40. The first kappa shape index (κ1) is 23.1. The smallest absolute Gasteiger partial charge is 0.251 e. The van der Waals surface area contributed by atoms with Crippen molar-refractivity contribution in [2.75, 3.05) is 27.2 Å². The number of para-hydroxylation sites is 1. The molecule has 0 unspecified atom stereocenters. The lowest BCUT2D eigenvalue weighted by atomic mass is 10.0. The van der Waals surface area contributed by atoms with Crippen molar-refractivity contribution in [1.82, 2.24) is 25.2 Å². The summed E-state index contributed by atoms with van der Waals surface area (Å²) in [6.45, 7) is 7.45. The van der Waals surface area contributed by atoms with Crippen LogP contribution >= 0.6 is 0 Å². The highest BCUT2D eigenvalue weighted by molar-refractivity contribution is 6.08. The van der Waals surface area contributed by atoms with Gasteiger partial charge in [0.05, 0.1) is 16.8 Å². The van der Waals surface area contributed by atoms with Gasteiger partial charge in [-0.1, -0.05) is 18.2 Å². The molecule has 0 atom stereocenters. The molecule has 1 amide bonds. The molecule has 0 spiro atoms. The number of likely N-dealkylation sites (N-methyl/N-ethyl adjacent to an activating group) is 1. The summed E-state index contributed by atoms with van der Waals surface area (Å²) in [5.41, 5.74) is 5.50. The number of amides is 1. The minimum Gasteiger partial charge on any atom is -0.378 e. The fraction of sp³-hybridized carbons (Fsp3) is 0.320. The van der Waals surface area contributed by atoms with E-state index in [1.165, 1.54) is 0 Å². The standard InChI is InChI=1S/C25H30N6O/c1-6-27-23(20-15-29-18(3)30-16-20)14-17(2)31(5)13-11-19-8-7-9-21-22(25(32)26-4)10-12-28-24(19)21/h7-10,12,14-16H,6,11,13H2,1-5H3,(H,26,32)/b17-14+,27-23?. The lowest BCUT2D eigenvalue weighted by molar-refractivity contribution is 0.0964. The molecule has 166 valence electrons. The van der Waals surface area contributed by atoms with Crippen molar-refractivity contribution < 1.29 is 4.79 Å². The molecule has 2 heterocycles. The summed E-state index contributed by atoms with van der Waals surface area (Å²) in [6, 6.07) is 7.76. The average Bonchev–Trinajstić information content (AvgIpc) is 2.81. The molecule has 32 heavy (non-hydrogen) atoms. The Morgan fingerprint density at radius 1 is 1.19 bits per heavy atom. The number of pyridine rings is 1. The number of allylic oxidation sites excluding steroid dienone is 2. The Hall–Kier alpha value is -3.61. The van der Waals surface area contributed by atoms with E-state index >= 15 is 0 Å². The third kappa shape index (κ3) is 5.35. The predicted molar refractivity (Wildman–Crippen MR) is 129 cm³/mol. The molecular formula is C25H30N6O. The van der Waals surface area contributed by atoms with Gasteiger partial charge in [-0.3, -0.25) is 14.8 Å². The molecule has 0 saturated carbocycles. The minimum absolute atomic E-state index is 0.103. The number of fused-ring (bicyclic) bond motifs is 1. The van der Waals surface area contributed by atoms with Gasteiger partial charge in [-0.15, -0.1) is 0 Å². The predicted octanol–water partition coefficient (Wildman–Crippen LogP) is 3.58. The number of aliphatic imine (C=N–C) groups is 1. The molecule has 1 aromatic carbocycles. The normalized spacial score (nSPS) is 12.2. The van der Waals surface area contributed by atoms with Gasteiger partial charge in [-0.2, -0.15) is 0 Å². The fourth-order valence-corrected chi connectivity index (χ4v) is 3.46. The minimum atomic E-state index is -0.103. The molecule has 0 aliphatic carbocycles. The van der Waals surface area contributed by atoms with E-state index < -0.39 is 0 Å². The third-order valence-corrected chi connectivity index (χ3v) is 5.40. The number of nitrogens with zero attached hydrogens (tertiary/aromatic N) is 5. The van der Waals surface area contributed by atoms with E-state index in [0.717, 1.165) is 52.2 Å². The molecule has 7 heteroatoms. The summed E-state index contributed by atoms with van der Waals surface area (Å²) in [5.74, 6) is 0.638. The van der Waals surface area contributed by atoms with Gasteiger partial charge in [0.2, 0.25) is 0 Å². The van der Waals surface area contributed by atoms with Crippen LogP contribution in [0, 0.1) is 6.92 Å². The molecule has 0 aliphatic rings. The quantitative estimate of drug-likeness (QED) is 0.552. The summed E-state index contributed by atoms with van der Waals surface area (Å²) < 4.78 is 0. The largest absolute Gasteiger partial charge is 0.378 e. The second kappa shape index (κ2) is 10.6. The number of aromatic nitrogens is 3. The van der Waals surface area contributed by atoms with Crippen LogP contribution in [0.2, 0.25) is 0 Å². The molecular weight excluding hydrogens is 400 g/mol. The van der Waals surface area contributed by atoms with Crippen molar-refractivity contribution in [2.45, 2.75) is 27.2 Å². The van der Waals surface area contributed by atoms with Gasteiger partial charge in [0.1, 0.15) is 5.82 Å². The fourth-order valence-electron chi connectivity index (χ4n) is 3.46.